The maximum Gasteiger partial charge on any atom is 0.116 e. The van der Waals surface area contributed by atoms with Crippen LogP contribution in [-0.4, -0.2) is 9.78 Å². The second-order valence-corrected chi connectivity index (χ2v) is 6.04. The molecule has 20 heavy (non-hydrogen) atoms. The maximum absolute atomic E-state index is 6.07. The van der Waals surface area contributed by atoms with E-state index in [1.807, 2.05) is 54.7 Å². The number of aromatic nitrogens is 2. The van der Waals surface area contributed by atoms with E-state index in [0.717, 1.165) is 16.9 Å². The molecule has 0 amide bonds. The number of nitrogens with two attached hydrogens (primary N) is 1. The zero-order valence-corrected chi connectivity index (χ0v) is 13.3. The highest BCUT2D eigenvalue weighted by molar-refractivity contribution is 14.1. The van der Waals surface area contributed by atoms with Gasteiger partial charge in [-0.3, -0.25) is 0 Å². The molecule has 0 aliphatic heterocycles. The van der Waals surface area contributed by atoms with Crippen molar-refractivity contribution in [2.75, 3.05) is 5.73 Å². The molecule has 1 heterocycles. The predicted octanol–water partition coefficient (Wildman–Crippen LogP) is 4.38. The molecule has 0 aliphatic carbocycles. The minimum atomic E-state index is 0.654. The molecular weight excluding hydrogens is 385 g/mol. The van der Waals surface area contributed by atoms with Gasteiger partial charge in [-0.25, -0.2) is 4.68 Å². The average Bonchev–Trinajstić information content (AvgIpc) is 2.82. The van der Waals surface area contributed by atoms with Crippen LogP contribution < -0.4 is 5.73 Å². The summed E-state index contributed by atoms with van der Waals surface area (Å²) in [7, 11) is 0. The Kier molecular flexibility index (Phi) is 3.67. The molecule has 3 rings (SSSR count). The van der Waals surface area contributed by atoms with Crippen molar-refractivity contribution in [1.29, 1.82) is 0 Å². The third kappa shape index (κ3) is 2.66. The lowest BCUT2D eigenvalue weighted by Crippen LogP contribution is -1.94. The van der Waals surface area contributed by atoms with Gasteiger partial charge < -0.3 is 5.73 Å². The van der Waals surface area contributed by atoms with Crippen molar-refractivity contribution >= 4 is 39.9 Å². The molecule has 1 aromatic heterocycles. The lowest BCUT2D eigenvalue weighted by Gasteiger charge is -2.01. The van der Waals surface area contributed by atoms with E-state index in [9.17, 15) is 0 Å². The van der Waals surface area contributed by atoms with Crippen LogP contribution in [0.25, 0.3) is 16.9 Å². The second kappa shape index (κ2) is 5.46. The fourth-order valence-electron chi connectivity index (χ4n) is 1.95. The number of benzene rings is 2. The van der Waals surface area contributed by atoms with Crippen molar-refractivity contribution in [1.82, 2.24) is 9.78 Å². The zero-order chi connectivity index (χ0) is 14.1. The highest BCUT2D eigenvalue weighted by atomic mass is 127. The fraction of sp³-hybridized carbons (Fsp3) is 0. The summed E-state index contributed by atoms with van der Waals surface area (Å²) in [6.45, 7) is 0. The minimum Gasteiger partial charge on any atom is -0.396 e. The number of hydrogen-bond donors (Lipinski definition) is 1. The van der Waals surface area contributed by atoms with Crippen LogP contribution in [-0.2, 0) is 0 Å². The quantitative estimate of drug-likeness (QED) is 0.655. The smallest absolute Gasteiger partial charge is 0.116 e. The van der Waals surface area contributed by atoms with E-state index >= 15 is 0 Å². The van der Waals surface area contributed by atoms with Crippen LogP contribution in [0.3, 0.4) is 0 Å². The van der Waals surface area contributed by atoms with Crippen molar-refractivity contribution < 1.29 is 0 Å². The van der Waals surface area contributed by atoms with E-state index < -0.39 is 0 Å². The Morgan fingerprint density at radius 1 is 1.00 bits per heavy atom. The molecule has 0 unspecified atom stereocenters. The van der Waals surface area contributed by atoms with Gasteiger partial charge in [0, 0.05) is 14.2 Å². The number of nitrogen functional groups attached to an aromatic ring is 1. The third-order valence-electron chi connectivity index (χ3n) is 2.95. The van der Waals surface area contributed by atoms with Crippen molar-refractivity contribution in [2.45, 2.75) is 0 Å². The van der Waals surface area contributed by atoms with Gasteiger partial charge in [0.15, 0.2) is 0 Å². The predicted molar refractivity (Wildman–Crippen MR) is 91.1 cm³/mol. The van der Waals surface area contributed by atoms with Crippen molar-refractivity contribution in [3.63, 3.8) is 0 Å². The largest absolute Gasteiger partial charge is 0.396 e. The molecule has 0 saturated carbocycles. The summed E-state index contributed by atoms with van der Waals surface area (Å²) in [4.78, 5) is 0. The van der Waals surface area contributed by atoms with Crippen LogP contribution in [0.2, 0.25) is 5.02 Å². The molecule has 100 valence electrons. The SMILES string of the molecule is Nc1cn(-c2ccc(Cl)cc2)nc1-c1ccc(I)cc1. The molecule has 0 radical (unpaired) electrons. The van der Waals surface area contributed by atoms with Crippen molar-refractivity contribution in [3.05, 3.63) is 63.3 Å². The van der Waals surface area contributed by atoms with E-state index in [4.69, 9.17) is 17.3 Å². The van der Waals surface area contributed by atoms with Gasteiger partial charge in [0.2, 0.25) is 0 Å². The first-order chi connectivity index (χ1) is 9.63. The van der Waals surface area contributed by atoms with Crippen LogP contribution >= 0.6 is 34.2 Å². The zero-order valence-electron chi connectivity index (χ0n) is 10.4. The summed E-state index contributed by atoms with van der Waals surface area (Å²) in [5, 5.41) is 5.26. The molecule has 0 aliphatic rings. The Labute approximate surface area is 135 Å². The maximum atomic E-state index is 6.07. The van der Waals surface area contributed by atoms with Crippen LogP contribution in [0, 0.1) is 3.57 Å². The van der Waals surface area contributed by atoms with Gasteiger partial charge in [-0.2, -0.15) is 5.10 Å². The van der Waals surface area contributed by atoms with E-state index in [0.29, 0.717) is 10.7 Å². The summed E-state index contributed by atoms with van der Waals surface area (Å²) in [5.41, 5.74) is 9.45. The van der Waals surface area contributed by atoms with Crippen molar-refractivity contribution in [2.24, 2.45) is 0 Å². The summed E-state index contributed by atoms with van der Waals surface area (Å²) in [5.74, 6) is 0. The normalized spacial score (nSPS) is 10.7. The van der Waals surface area contributed by atoms with E-state index in [1.165, 1.54) is 3.57 Å². The topological polar surface area (TPSA) is 43.8 Å². The monoisotopic (exact) mass is 395 g/mol. The van der Waals surface area contributed by atoms with Gasteiger partial charge in [-0.1, -0.05) is 23.7 Å². The third-order valence-corrected chi connectivity index (χ3v) is 3.92. The Balaban J connectivity index is 2.02. The lowest BCUT2D eigenvalue weighted by molar-refractivity contribution is 0.884. The van der Waals surface area contributed by atoms with Gasteiger partial charge in [-0.05, 0) is 59.0 Å². The molecule has 0 spiro atoms. The van der Waals surface area contributed by atoms with Gasteiger partial charge >= 0.3 is 0 Å². The summed E-state index contributed by atoms with van der Waals surface area (Å²) >= 11 is 8.16. The van der Waals surface area contributed by atoms with Gasteiger partial charge in [-0.15, -0.1) is 0 Å². The first-order valence-corrected chi connectivity index (χ1v) is 7.46. The Bertz CT molecular complexity index is 733. The summed E-state index contributed by atoms with van der Waals surface area (Å²) in [6.07, 6.45) is 1.82. The number of rotatable bonds is 2. The first kappa shape index (κ1) is 13.5. The number of hydrogen-bond acceptors (Lipinski definition) is 2. The molecule has 0 fully saturated rings. The van der Waals surface area contributed by atoms with Crippen LogP contribution in [0.1, 0.15) is 0 Å². The van der Waals surface area contributed by atoms with E-state index in [-0.39, 0.29) is 0 Å². The van der Waals surface area contributed by atoms with Crippen LogP contribution in [0.15, 0.2) is 54.7 Å². The molecule has 5 heteroatoms. The molecule has 0 bridgehead atoms. The molecule has 3 nitrogen and oxygen atoms in total. The second-order valence-electron chi connectivity index (χ2n) is 4.36. The Hall–Kier alpha value is -1.53. The highest BCUT2D eigenvalue weighted by Gasteiger charge is 2.09. The van der Waals surface area contributed by atoms with Gasteiger partial charge in [0.25, 0.3) is 0 Å². The van der Waals surface area contributed by atoms with E-state index in [1.54, 1.807) is 4.68 Å². The molecule has 2 aromatic carbocycles. The number of anilines is 1. The number of nitrogens with zero attached hydrogens (tertiary/aromatic N) is 2. The fourth-order valence-corrected chi connectivity index (χ4v) is 2.43. The minimum absolute atomic E-state index is 0.654. The Morgan fingerprint density at radius 3 is 2.30 bits per heavy atom. The van der Waals surface area contributed by atoms with Gasteiger partial charge in [0.05, 0.1) is 17.6 Å². The summed E-state index contributed by atoms with van der Waals surface area (Å²) < 4.78 is 2.95. The molecular formula is C15H11ClIN3. The van der Waals surface area contributed by atoms with Gasteiger partial charge in [0.1, 0.15) is 5.69 Å². The average molecular weight is 396 g/mol. The molecule has 0 saturated heterocycles. The lowest BCUT2D eigenvalue weighted by atomic mass is 10.1. The highest BCUT2D eigenvalue weighted by Crippen LogP contribution is 2.26. The van der Waals surface area contributed by atoms with Crippen molar-refractivity contribution in [3.8, 4) is 16.9 Å². The molecule has 3 aromatic rings. The number of halogens is 2. The Morgan fingerprint density at radius 2 is 1.65 bits per heavy atom. The summed E-state index contributed by atoms with van der Waals surface area (Å²) in [6, 6.07) is 15.6. The van der Waals surface area contributed by atoms with E-state index in [2.05, 4.69) is 27.7 Å². The molecule has 2 N–H and O–H groups in total. The first-order valence-electron chi connectivity index (χ1n) is 6.00. The standard InChI is InChI=1S/C15H11ClIN3/c16-11-3-7-13(8-4-11)20-9-14(18)15(19-20)10-1-5-12(17)6-2-10/h1-9H,18H2. The molecule has 0 atom stereocenters. The van der Waals surface area contributed by atoms with Crippen LogP contribution in [0.5, 0.6) is 0 Å². The van der Waals surface area contributed by atoms with Crippen LogP contribution in [0.4, 0.5) is 5.69 Å².